The standard InChI is InChI=1S/C16H20N4O3S/c1-9-15(22)20-8-11(7-13(20)14(21)17-9)19-16(23)18-10-4-3-5-12(6-10)24-2/h3-6,9,11,13H,7-8H2,1-2H3,(H,17,21)(H2,18,19,23)/t9-,11+,13+/m1/s1. The number of rotatable bonds is 3. The topological polar surface area (TPSA) is 90.5 Å². The van der Waals surface area contributed by atoms with Gasteiger partial charge in [-0.25, -0.2) is 4.79 Å². The van der Waals surface area contributed by atoms with Crippen LogP contribution >= 0.6 is 11.8 Å². The van der Waals surface area contributed by atoms with Crippen molar-refractivity contribution >= 4 is 35.3 Å². The van der Waals surface area contributed by atoms with Gasteiger partial charge >= 0.3 is 6.03 Å². The monoisotopic (exact) mass is 348 g/mol. The Balaban J connectivity index is 1.59. The summed E-state index contributed by atoms with van der Waals surface area (Å²) in [6, 6.07) is 5.99. The highest BCUT2D eigenvalue weighted by atomic mass is 32.2. The Morgan fingerprint density at radius 2 is 2.17 bits per heavy atom. The van der Waals surface area contributed by atoms with E-state index in [1.165, 1.54) is 0 Å². The van der Waals surface area contributed by atoms with Crippen molar-refractivity contribution < 1.29 is 14.4 Å². The molecule has 0 radical (unpaired) electrons. The Bertz CT molecular complexity index is 681. The fourth-order valence-electron chi connectivity index (χ4n) is 3.11. The van der Waals surface area contributed by atoms with E-state index in [1.54, 1.807) is 23.6 Å². The molecule has 2 aliphatic heterocycles. The van der Waals surface area contributed by atoms with E-state index in [9.17, 15) is 14.4 Å². The summed E-state index contributed by atoms with van der Waals surface area (Å²) in [5.74, 6) is -0.253. The molecule has 2 aliphatic rings. The second kappa shape index (κ2) is 6.72. The maximum absolute atomic E-state index is 12.2. The third-order valence-electron chi connectivity index (χ3n) is 4.28. The lowest BCUT2D eigenvalue weighted by molar-refractivity contribution is -0.146. The second-order valence-corrected chi connectivity index (χ2v) is 6.88. The van der Waals surface area contributed by atoms with E-state index in [0.29, 0.717) is 18.7 Å². The third-order valence-corrected chi connectivity index (χ3v) is 5.00. The number of amides is 4. The number of fused-ring (bicyclic) bond motifs is 1. The second-order valence-electron chi connectivity index (χ2n) is 6.00. The number of anilines is 1. The van der Waals surface area contributed by atoms with Gasteiger partial charge in [0.15, 0.2) is 0 Å². The van der Waals surface area contributed by atoms with Crippen LogP contribution in [0, 0.1) is 0 Å². The normalized spacial score (nSPS) is 25.9. The average Bonchev–Trinajstić information content (AvgIpc) is 2.97. The number of carbonyl (C=O) groups is 3. The molecule has 0 unspecified atom stereocenters. The fraction of sp³-hybridized carbons (Fsp3) is 0.438. The Hall–Kier alpha value is -2.22. The molecule has 0 spiro atoms. The highest BCUT2D eigenvalue weighted by Gasteiger charge is 2.45. The van der Waals surface area contributed by atoms with Gasteiger partial charge in [-0.05, 0) is 37.8 Å². The molecular weight excluding hydrogens is 328 g/mol. The summed E-state index contributed by atoms with van der Waals surface area (Å²) in [7, 11) is 0. The van der Waals surface area contributed by atoms with Crippen molar-refractivity contribution in [2.75, 3.05) is 18.1 Å². The molecule has 0 aromatic heterocycles. The summed E-state index contributed by atoms with van der Waals surface area (Å²) in [6.07, 6.45) is 2.40. The number of hydrogen-bond acceptors (Lipinski definition) is 4. The predicted octanol–water partition coefficient (Wildman–Crippen LogP) is 1.02. The molecule has 3 atom stereocenters. The number of nitrogens with one attached hydrogen (secondary N) is 3. The first-order valence-electron chi connectivity index (χ1n) is 7.80. The van der Waals surface area contributed by atoms with Gasteiger partial charge in [0.2, 0.25) is 11.8 Å². The van der Waals surface area contributed by atoms with Crippen LogP contribution in [0.3, 0.4) is 0 Å². The molecule has 24 heavy (non-hydrogen) atoms. The SMILES string of the molecule is CSc1cccc(NC(=O)N[C@H]2C[C@H]3C(=O)N[C@H](C)C(=O)N3C2)c1. The summed E-state index contributed by atoms with van der Waals surface area (Å²) in [4.78, 5) is 38.9. The molecule has 2 heterocycles. The summed E-state index contributed by atoms with van der Waals surface area (Å²) >= 11 is 1.60. The number of piperazine rings is 1. The minimum absolute atomic E-state index is 0.100. The first kappa shape index (κ1) is 16.6. The zero-order valence-electron chi connectivity index (χ0n) is 13.5. The highest BCUT2D eigenvalue weighted by molar-refractivity contribution is 7.98. The van der Waals surface area contributed by atoms with Crippen molar-refractivity contribution in [1.29, 1.82) is 0 Å². The van der Waals surface area contributed by atoms with E-state index < -0.39 is 12.1 Å². The van der Waals surface area contributed by atoms with E-state index in [2.05, 4.69) is 16.0 Å². The van der Waals surface area contributed by atoms with E-state index in [1.807, 2.05) is 30.5 Å². The lowest BCUT2D eigenvalue weighted by Gasteiger charge is -2.32. The average molecular weight is 348 g/mol. The molecule has 1 aromatic rings. The smallest absolute Gasteiger partial charge is 0.319 e. The van der Waals surface area contributed by atoms with Gasteiger partial charge in [-0.1, -0.05) is 6.07 Å². The largest absolute Gasteiger partial charge is 0.343 e. The van der Waals surface area contributed by atoms with Crippen LogP contribution in [0.1, 0.15) is 13.3 Å². The van der Waals surface area contributed by atoms with Gasteiger partial charge in [-0.3, -0.25) is 9.59 Å². The summed E-state index contributed by atoms with van der Waals surface area (Å²) in [6.45, 7) is 2.03. The van der Waals surface area contributed by atoms with Crippen LogP contribution in [-0.2, 0) is 9.59 Å². The van der Waals surface area contributed by atoms with Crippen LogP contribution in [0.25, 0.3) is 0 Å². The third kappa shape index (κ3) is 3.33. The molecule has 0 aliphatic carbocycles. The molecule has 0 bridgehead atoms. The number of thioether (sulfide) groups is 1. The van der Waals surface area contributed by atoms with Gasteiger partial charge in [-0.15, -0.1) is 11.8 Å². The number of nitrogens with zero attached hydrogens (tertiary/aromatic N) is 1. The van der Waals surface area contributed by atoms with Crippen molar-refractivity contribution in [1.82, 2.24) is 15.5 Å². The van der Waals surface area contributed by atoms with Crippen LogP contribution in [-0.4, -0.2) is 53.7 Å². The minimum Gasteiger partial charge on any atom is -0.343 e. The first-order valence-corrected chi connectivity index (χ1v) is 9.03. The first-order chi connectivity index (χ1) is 11.5. The molecule has 7 nitrogen and oxygen atoms in total. The molecule has 4 amide bonds. The Labute approximate surface area is 144 Å². The van der Waals surface area contributed by atoms with Crippen molar-refractivity contribution in [3.8, 4) is 0 Å². The van der Waals surface area contributed by atoms with Gasteiger partial charge in [0.1, 0.15) is 12.1 Å². The van der Waals surface area contributed by atoms with Crippen molar-refractivity contribution in [2.24, 2.45) is 0 Å². The molecule has 3 rings (SSSR count). The molecular formula is C16H20N4O3S. The number of benzene rings is 1. The van der Waals surface area contributed by atoms with Gasteiger partial charge in [0, 0.05) is 17.1 Å². The summed E-state index contributed by atoms with van der Waals surface area (Å²) in [5, 5.41) is 8.30. The lowest BCUT2D eigenvalue weighted by atomic mass is 10.1. The van der Waals surface area contributed by atoms with Crippen molar-refractivity contribution in [3.05, 3.63) is 24.3 Å². The molecule has 3 N–H and O–H groups in total. The van der Waals surface area contributed by atoms with E-state index >= 15 is 0 Å². The van der Waals surface area contributed by atoms with Gasteiger partial charge < -0.3 is 20.9 Å². The Morgan fingerprint density at radius 1 is 1.38 bits per heavy atom. The van der Waals surface area contributed by atoms with Gasteiger partial charge in [-0.2, -0.15) is 0 Å². The van der Waals surface area contributed by atoms with E-state index in [4.69, 9.17) is 0 Å². The van der Waals surface area contributed by atoms with Crippen molar-refractivity contribution in [3.63, 3.8) is 0 Å². The van der Waals surface area contributed by atoms with Crippen LogP contribution in [0.4, 0.5) is 10.5 Å². The number of urea groups is 1. The Kier molecular flexibility index (Phi) is 4.66. The molecule has 128 valence electrons. The summed E-state index contributed by atoms with van der Waals surface area (Å²) < 4.78 is 0. The zero-order valence-corrected chi connectivity index (χ0v) is 14.4. The van der Waals surface area contributed by atoms with Crippen LogP contribution in [0.2, 0.25) is 0 Å². The highest BCUT2D eigenvalue weighted by Crippen LogP contribution is 2.23. The molecule has 1 aromatic carbocycles. The number of carbonyl (C=O) groups excluding carboxylic acids is 3. The molecule has 2 fully saturated rings. The van der Waals surface area contributed by atoms with E-state index in [-0.39, 0.29) is 23.9 Å². The Morgan fingerprint density at radius 3 is 2.92 bits per heavy atom. The molecule has 0 saturated carbocycles. The predicted molar refractivity (Wildman–Crippen MR) is 91.9 cm³/mol. The van der Waals surface area contributed by atoms with E-state index in [0.717, 1.165) is 4.90 Å². The van der Waals surface area contributed by atoms with Crippen LogP contribution in [0.5, 0.6) is 0 Å². The molecule has 8 heteroatoms. The van der Waals surface area contributed by atoms with Gasteiger partial charge in [0.25, 0.3) is 0 Å². The fourth-order valence-corrected chi connectivity index (χ4v) is 3.57. The maximum Gasteiger partial charge on any atom is 0.319 e. The van der Waals surface area contributed by atoms with Crippen LogP contribution < -0.4 is 16.0 Å². The number of hydrogen-bond donors (Lipinski definition) is 3. The summed E-state index contributed by atoms with van der Waals surface area (Å²) in [5.41, 5.74) is 0.706. The minimum atomic E-state index is -0.504. The quantitative estimate of drug-likeness (QED) is 0.711. The maximum atomic E-state index is 12.2. The zero-order chi connectivity index (χ0) is 17.3. The lowest BCUT2D eigenvalue weighted by Crippen LogP contribution is -2.60. The van der Waals surface area contributed by atoms with Gasteiger partial charge in [0.05, 0.1) is 6.04 Å². The molecule has 2 saturated heterocycles. The van der Waals surface area contributed by atoms with Crippen molar-refractivity contribution in [2.45, 2.75) is 36.4 Å². The van der Waals surface area contributed by atoms with Crippen LogP contribution in [0.15, 0.2) is 29.2 Å².